The highest BCUT2D eigenvalue weighted by Crippen LogP contribution is 2.41. The van der Waals surface area contributed by atoms with Crippen molar-refractivity contribution in [3.63, 3.8) is 0 Å². The molecule has 5 atom stereocenters. The van der Waals surface area contributed by atoms with Crippen molar-refractivity contribution < 1.29 is 24.5 Å². The molecule has 0 aromatic carbocycles. The zero-order chi connectivity index (χ0) is 20.9. The number of carboxylic acid groups (broad SMARTS) is 1. The van der Waals surface area contributed by atoms with Crippen molar-refractivity contribution in [3.05, 3.63) is 12.4 Å². The van der Waals surface area contributed by atoms with Gasteiger partial charge in [0, 0.05) is 12.0 Å². The zero-order valence-corrected chi connectivity index (χ0v) is 17.4. The molecule has 0 aliphatic heterocycles. The average molecular weight is 385 g/mol. The van der Waals surface area contributed by atoms with E-state index in [0.717, 1.165) is 12.8 Å². The lowest BCUT2D eigenvalue weighted by atomic mass is 9.76. The van der Waals surface area contributed by atoms with E-state index in [1.165, 1.54) is 0 Å². The van der Waals surface area contributed by atoms with E-state index in [1.807, 2.05) is 0 Å². The first kappa shape index (κ1) is 23.3. The molecular formula is C20H36N2O5. The molecule has 0 saturated heterocycles. The first-order chi connectivity index (χ1) is 12.4. The minimum Gasteiger partial charge on any atom is -0.481 e. The number of hydrogen-bond donors (Lipinski definition) is 4. The van der Waals surface area contributed by atoms with Crippen LogP contribution in [0, 0.1) is 23.7 Å². The van der Waals surface area contributed by atoms with Gasteiger partial charge in [-0.2, -0.15) is 0 Å². The van der Waals surface area contributed by atoms with E-state index in [4.69, 9.17) is 4.74 Å². The molecule has 0 aromatic rings. The Morgan fingerprint density at radius 2 is 1.81 bits per heavy atom. The molecule has 1 aliphatic carbocycles. The van der Waals surface area contributed by atoms with E-state index >= 15 is 0 Å². The summed E-state index contributed by atoms with van der Waals surface area (Å²) in [4.78, 5) is 23.5. The highest BCUT2D eigenvalue weighted by atomic mass is 16.6. The van der Waals surface area contributed by atoms with Gasteiger partial charge in [-0.05, 0) is 39.0 Å². The second-order valence-corrected chi connectivity index (χ2v) is 8.54. The van der Waals surface area contributed by atoms with Crippen LogP contribution in [0.4, 0.5) is 4.79 Å². The zero-order valence-electron chi connectivity index (χ0n) is 17.4. The smallest absolute Gasteiger partial charge is 0.413 e. The lowest BCUT2D eigenvalue weighted by molar-refractivity contribution is -0.145. The molecule has 0 heterocycles. The number of amides is 1. The number of aliphatic carboxylic acids is 1. The number of carboxylic acids is 1. The molecule has 0 aromatic heterocycles. The fourth-order valence-corrected chi connectivity index (χ4v) is 4.19. The molecule has 4 N–H and O–H groups in total. The summed E-state index contributed by atoms with van der Waals surface area (Å²) in [6, 6.07) is -0.292. The molecule has 1 amide bonds. The van der Waals surface area contributed by atoms with Gasteiger partial charge < -0.3 is 20.3 Å². The maximum Gasteiger partial charge on any atom is 0.413 e. The highest BCUT2D eigenvalue weighted by molar-refractivity contribution is 5.71. The Hall–Kier alpha value is -1.76. The fraction of sp³-hybridized carbons (Fsp3) is 0.800. The van der Waals surface area contributed by atoms with Gasteiger partial charge in [-0.3, -0.25) is 10.1 Å². The molecule has 7 heteroatoms. The molecule has 1 fully saturated rings. The van der Waals surface area contributed by atoms with Crippen LogP contribution in [0.1, 0.15) is 60.8 Å². The number of ether oxygens (including phenoxy) is 1. The van der Waals surface area contributed by atoms with Crippen LogP contribution in [0.3, 0.4) is 0 Å². The van der Waals surface area contributed by atoms with Crippen LogP contribution in [-0.2, 0) is 9.53 Å². The van der Waals surface area contributed by atoms with E-state index < -0.39 is 29.7 Å². The predicted octanol–water partition coefficient (Wildman–Crippen LogP) is 3.09. The van der Waals surface area contributed by atoms with Crippen LogP contribution < -0.4 is 10.6 Å². The number of rotatable bonds is 8. The van der Waals surface area contributed by atoms with Crippen molar-refractivity contribution >= 4 is 12.1 Å². The molecule has 0 radical (unpaired) electrons. The number of aliphatic hydroxyl groups excluding tert-OH is 1. The summed E-state index contributed by atoms with van der Waals surface area (Å²) in [5, 5.41) is 25.8. The van der Waals surface area contributed by atoms with Crippen LogP contribution in [0.5, 0.6) is 0 Å². The van der Waals surface area contributed by atoms with Gasteiger partial charge in [-0.25, -0.2) is 4.79 Å². The SMILES string of the molecule is C=C(NC(=O)OC(C)(C)C)N[C@@H]1C[C@H](C(=O)O)[C@@H](O)[C@H]1[C@@H](C)C(CC)CC. The van der Waals surface area contributed by atoms with Gasteiger partial charge in [0.15, 0.2) is 0 Å². The summed E-state index contributed by atoms with van der Waals surface area (Å²) < 4.78 is 5.21. The van der Waals surface area contributed by atoms with Gasteiger partial charge in [0.05, 0.1) is 12.0 Å². The van der Waals surface area contributed by atoms with Crippen LogP contribution in [0.15, 0.2) is 12.4 Å². The lowest BCUT2D eigenvalue weighted by Gasteiger charge is -2.34. The highest BCUT2D eigenvalue weighted by Gasteiger charge is 2.49. The molecular weight excluding hydrogens is 348 g/mol. The van der Waals surface area contributed by atoms with Crippen molar-refractivity contribution in [3.8, 4) is 0 Å². The Labute approximate surface area is 162 Å². The van der Waals surface area contributed by atoms with Crippen LogP contribution >= 0.6 is 0 Å². The number of alkyl carbamates (subject to hydrolysis) is 1. The Morgan fingerprint density at radius 1 is 1.26 bits per heavy atom. The molecule has 0 unspecified atom stereocenters. The molecule has 156 valence electrons. The summed E-state index contributed by atoms with van der Waals surface area (Å²) in [5.41, 5.74) is -0.630. The summed E-state index contributed by atoms with van der Waals surface area (Å²) >= 11 is 0. The van der Waals surface area contributed by atoms with Gasteiger partial charge >= 0.3 is 12.1 Å². The molecule has 1 rings (SSSR count). The first-order valence-corrected chi connectivity index (χ1v) is 9.77. The largest absolute Gasteiger partial charge is 0.481 e. The average Bonchev–Trinajstić information content (AvgIpc) is 2.82. The first-order valence-electron chi connectivity index (χ1n) is 9.77. The summed E-state index contributed by atoms with van der Waals surface area (Å²) in [5.74, 6) is -1.32. The van der Waals surface area contributed by atoms with Gasteiger partial charge in [0.25, 0.3) is 0 Å². The van der Waals surface area contributed by atoms with E-state index in [9.17, 15) is 19.8 Å². The van der Waals surface area contributed by atoms with Gasteiger partial charge in [-0.1, -0.05) is 40.2 Å². The minimum absolute atomic E-state index is 0.131. The molecule has 27 heavy (non-hydrogen) atoms. The fourth-order valence-electron chi connectivity index (χ4n) is 4.19. The van der Waals surface area contributed by atoms with E-state index in [-0.39, 0.29) is 30.1 Å². The number of carbonyl (C=O) groups excluding carboxylic acids is 1. The Bertz CT molecular complexity index is 539. The number of carbonyl (C=O) groups is 2. The minimum atomic E-state index is -1.00. The van der Waals surface area contributed by atoms with Crippen molar-refractivity contribution in [2.24, 2.45) is 23.7 Å². The van der Waals surface area contributed by atoms with Gasteiger partial charge in [0.1, 0.15) is 11.4 Å². The molecule has 7 nitrogen and oxygen atoms in total. The van der Waals surface area contributed by atoms with Crippen molar-refractivity contribution in [2.45, 2.75) is 78.6 Å². The standard InChI is InChI=1S/C20H36N2O5/c1-8-13(9-2)11(3)16-15(10-14(17(16)23)18(24)25)21-12(4)22-19(26)27-20(5,6)7/h11,13-17,21,23H,4,8-10H2,1-3,5-7H3,(H,22,26)(H,24,25)/t11-,14-,15+,16-,17+/m0/s1. The number of hydrogen-bond acceptors (Lipinski definition) is 5. The second-order valence-electron chi connectivity index (χ2n) is 8.54. The van der Waals surface area contributed by atoms with E-state index in [1.54, 1.807) is 20.8 Å². The number of nitrogens with one attached hydrogen (secondary N) is 2. The molecule has 1 saturated carbocycles. The van der Waals surface area contributed by atoms with Crippen LogP contribution in [-0.4, -0.2) is 40.0 Å². The third kappa shape index (κ3) is 6.41. The summed E-state index contributed by atoms with van der Waals surface area (Å²) in [7, 11) is 0. The van der Waals surface area contributed by atoms with Gasteiger partial charge in [0.2, 0.25) is 0 Å². The lowest BCUT2D eigenvalue weighted by Crippen LogP contribution is -2.44. The third-order valence-corrected chi connectivity index (χ3v) is 5.51. The summed E-state index contributed by atoms with van der Waals surface area (Å²) in [6.07, 6.45) is 0.633. The quantitative estimate of drug-likeness (QED) is 0.512. The van der Waals surface area contributed by atoms with Crippen molar-refractivity contribution in [2.75, 3.05) is 0 Å². The van der Waals surface area contributed by atoms with Crippen molar-refractivity contribution in [1.82, 2.24) is 10.6 Å². The third-order valence-electron chi connectivity index (χ3n) is 5.51. The van der Waals surface area contributed by atoms with E-state index in [2.05, 4.69) is 38.0 Å². The topological polar surface area (TPSA) is 108 Å². The van der Waals surface area contributed by atoms with Crippen LogP contribution in [0.25, 0.3) is 0 Å². The molecule has 1 aliphatic rings. The second kappa shape index (κ2) is 9.44. The maximum absolute atomic E-state index is 11.9. The molecule has 0 spiro atoms. The van der Waals surface area contributed by atoms with Crippen LogP contribution in [0.2, 0.25) is 0 Å². The monoisotopic (exact) mass is 384 g/mol. The summed E-state index contributed by atoms with van der Waals surface area (Å²) in [6.45, 7) is 15.4. The Morgan fingerprint density at radius 3 is 2.26 bits per heavy atom. The number of aliphatic hydroxyl groups is 1. The molecule has 0 bridgehead atoms. The Kier molecular flexibility index (Phi) is 8.14. The Balaban J connectivity index is 2.89. The van der Waals surface area contributed by atoms with E-state index in [0.29, 0.717) is 5.92 Å². The normalized spacial score (nSPS) is 26.5. The predicted molar refractivity (Wildman–Crippen MR) is 104 cm³/mol. The maximum atomic E-state index is 11.9. The van der Waals surface area contributed by atoms with Crippen molar-refractivity contribution in [1.29, 1.82) is 0 Å². The van der Waals surface area contributed by atoms with Gasteiger partial charge in [-0.15, -0.1) is 0 Å².